The summed E-state index contributed by atoms with van der Waals surface area (Å²) < 4.78 is 6.13. The summed E-state index contributed by atoms with van der Waals surface area (Å²) in [5.41, 5.74) is 6.12. The van der Waals surface area contributed by atoms with Crippen molar-refractivity contribution < 1.29 is 9.53 Å². The van der Waals surface area contributed by atoms with E-state index in [9.17, 15) is 4.79 Å². The van der Waals surface area contributed by atoms with Crippen molar-refractivity contribution in [2.75, 3.05) is 7.11 Å². The third kappa shape index (κ3) is 2.03. The van der Waals surface area contributed by atoms with Gasteiger partial charge in [-0.25, -0.2) is 0 Å². The highest BCUT2D eigenvalue weighted by Gasteiger charge is 2.52. The lowest BCUT2D eigenvalue weighted by atomic mass is 9.83. The van der Waals surface area contributed by atoms with Crippen LogP contribution in [0, 0.1) is 0 Å². The molecule has 0 saturated heterocycles. The number of carbonyl (C=O) groups excluding carboxylic acids is 1. The molecule has 1 saturated carbocycles. The van der Waals surface area contributed by atoms with Crippen molar-refractivity contribution >= 4 is 21.9 Å². The van der Waals surface area contributed by atoms with E-state index >= 15 is 0 Å². The van der Waals surface area contributed by atoms with E-state index in [0.717, 1.165) is 35.7 Å². The number of rotatable bonds is 2. The predicted molar refractivity (Wildman–Crippen MR) is 89.9 cm³/mol. The quantitative estimate of drug-likeness (QED) is 0.744. The maximum absolute atomic E-state index is 12.1. The van der Waals surface area contributed by atoms with Crippen molar-refractivity contribution in [2.45, 2.75) is 31.1 Å². The third-order valence-electron chi connectivity index (χ3n) is 5.01. The lowest BCUT2D eigenvalue weighted by molar-refractivity contribution is -0.143. The molecule has 1 fully saturated rings. The summed E-state index contributed by atoms with van der Waals surface area (Å²) in [4.78, 5) is 12.1. The summed E-state index contributed by atoms with van der Waals surface area (Å²) in [5.74, 6) is -0.0902. The first-order chi connectivity index (χ1) is 10.6. The third-order valence-corrected chi connectivity index (χ3v) is 5.50. The zero-order valence-electron chi connectivity index (χ0n) is 12.5. The minimum absolute atomic E-state index is 0.0902. The van der Waals surface area contributed by atoms with Gasteiger partial charge in [0, 0.05) is 4.47 Å². The molecule has 2 nitrogen and oxygen atoms in total. The molecule has 0 radical (unpaired) electrons. The molecule has 0 heterocycles. The number of carbonyl (C=O) groups is 1. The first-order valence-corrected chi connectivity index (χ1v) is 8.44. The van der Waals surface area contributed by atoms with Crippen molar-refractivity contribution in [2.24, 2.45) is 0 Å². The van der Waals surface area contributed by atoms with Crippen molar-refractivity contribution in [1.82, 2.24) is 0 Å². The van der Waals surface area contributed by atoms with E-state index in [-0.39, 0.29) is 11.4 Å². The van der Waals surface area contributed by atoms with Crippen molar-refractivity contribution in [1.29, 1.82) is 0 Å². The van der Waals surface area contributed by atoms with E-state index < -0.39 is 0 Å². The van der Waals surface area contributed by atoms with Crippen LogP contribution in [0.2, 0.25) is 0 Å². The number of hydrogen-bond donors (Lipinski definition) is 0. The highest BCUT2D eigenvalue weighted by Crippen LogP contribution is 2.50. The SMILES string of the molecule is COC(=O)C1(c2ccc3c(c2)CCc2cc(Br)ccc2-3)CC1. The molecule has 0 aromatic heterocycles. The Balaban J connectivity index is 1.78. The van der Waals surface area contributed by atoms with E-state index in [1.165, 1.54) is 29.4 Å². The van der Waals surface area contributed by atoms with E-state index in [1.54, 1.807) is 0 Å². The zero-order valence-corrected chi connectivity index (χ0v) is 14.1. The van der Waals surface area contributed by atoms with Crippen LogP contribution in [0.25, 0.3) is 11.1 Å². The first kappa shape index (κ1) is 14.0. The second-order valence-electron chi connectivity index (χ2n) is 6.25. The minimum atomic E-state index is -0.371. The second-order valence-corrected chi connectivity index (χ2v) is 7.16. The van der Waals surface area contributed by atoms with Gasteiger partial charge in [0.05, 0.1) is 12.5 Å². The van der Waals surface area contributed by atoms with Crippen LogP contribution in [-0.2, 0) is 27.8 Å². The molecule has 2 aromatic rings. The Morgan fingerprint density at radius 1 is 1.05 bits per heavy atom. The average Bonchev–Trinajstić information content (AvgIpc) is 3.35. The van der Waals surface area contributed by atoms with Crippen LogP contribution in [-0.4, -0.2) is 13.1 Å². The second kappa shape index (κ2) is 4.95. The molecule has 0 atom stereocenters. The van der Waals surface area contributed by atoms with Gasteiger partial charge in [-0.15, -0.1) is 0 Å². The minimum Gasteiger partial charge on any atom is -0.468 e. The number of ether oxygens (including phenoxy) is 1. The lowest BCUT2D eigenvalue weighted by Crippen LogP contribution is -2.22. The number of benzene rings is 2. The summed E-state index contributed by atoms with van der Waals surface area (Å²) in [7, 11) is 1.48. The van der Waals surface area contributed by atoms with Crippen molar-refractivity contribution in [3.63, 3.8) is 0 Å². The largest absolute Gasteiger partial charge is 0.468 e. The molecule has 3 heteroatoms. The van der Waals surface area contributed by atoms with Crippen LogP contribution in [0.5, 0.6) is 0 Å². The first-order valence-electron chi connectivity index (χ1n) is 7.65. The fourth-order valence-electron chi connectivity index (χ4n) is 3.59. The van der Waals surface area contributed by atoms with Crippen molar-refractivity contribution in [3.05, 3.63) is 57.6 Å². The van der Waals surface area contributed by atoms with Crippen LogP contribution in [0.15, 0.2) is 40.9 Å². The van der Waals surface area contributed by atoms with E-state index in [4.69, 9.17) is 4.74 Å². The van der Waals surface area contributed by atoms with E-state index in [2.05, 4.69) is 52.3 Å². The van der Waals surface area contributed by atoms with Crippen LogP contribution >= 0.6 is 15.9 Å². The Morgan fingerprint density at radius 3 is 2.32 bits per heavy atom. The molecule has 0 spiro atoms. The Morgan fingerprint density at radius 2 is 1.68 bits per heavy atom. The van der Waals surface area contributed by atoms with Gasteiger partial charge in [0.15, 0.2) is 0 Å². The molecule has 112 valence electrons. The maximum atomic E-state index is 12.1. The zero-order chi connectivity index (χ0) is 15.3. The monoisotopic (exact) mass is 356 g/mol. The maximum Gasteiger partial charge on any atom is 0.316 e. The van der Waals surface area contributed by atoms with Gasteiger partial charge in [-0.3, -0.25) is 4.79 Å². The van der Waals surface area contributed by atoms with Crippen LogP contribution in [0.1, 0.15) is 29.5 Å². The normalized spacial score (nSPS) is 17.4. The highest BCUT2D eigenvalue weighted by atomic mass is 79.9. The Labute approximate surface area is 138 Å². The summed E-state index contributed by atoms with van der Waals surface area (Å²) in [6, 6.07) is 13.0. The number of esters is 1. The molecule has 0 N–H and O–H groups in total. The molecule has 0 aliphatic heterocycles. The number of hydrogen-bond acceptors (Lipinski definition) is 2. The van der Waals surface area contributed by atoms with Crippen LogP contribution in [0.4, 0.5) is 0 Å². The van der Waals surface area contributed by atoms with Gasteiger partial charge in [-0.1, -0.05) is 40.2 Å². The number of halogens is 1. The highest BCUT2D eigenvalue weighted by molar-refractivity contribution is 9.10. The Kier molecular flexibility index (Phi) is 3.15. The number of aryl methyl sites for hydroxylation is 2. The molecule has 22 heavy (non-hydrogen) atoms. The standard InChI is InChI=1S/C19H17BrO2/c1-22-18(21)19(8-9-19)14-4-6-16-12(10-14)2-3-13-11-15(20)5-7-17(13)16/h4-7,10-11H,2-3,8-9H2,1H3. The summed E-state index contributed by atoms with van der Waals surface area (Å²) in [6.07, 6.45) is 3.89. The average molecular weight is 357 g/mol. The molecule has 2 aromatic carbocycles. The molecule has 4 rings (SSSR count). The van der Waals surface area contributed by atoms with Gasteiger partial charge in [-0.2, -0.15) is 0 Å². The smallest absolute Gasteiger partial charge is 0.316 e. The van der Waals surface area contributed by atoms with E-state index in [0.29, 0.717) is 0 Å². The molecule has 2 aliphatic rings. The summed E-state index contributed by atoms with van der Waals surface area (Å²) in [6.45, 7) is 0. The lowest BCUT2D eigenvalue weighted by Gasteiger charge is -2.22. The number of fused-ring (bicyclic) bond motifs is 3. The fraction of sp³-hybridized carbons (Fsp3) is 0.316. The van der Waals surface area contributed by atoms with Gasteiger partial charge in [0.2, 0.25) is 0 Å². The molecule has 0 unspecified atom stereocenters. The van der Waals surface area contributed by atoms with Gasteiger partial charge in [0.25, 0.3) is 0 Å². The van der Waals surface area contributed by atoms with E-state index in [1.807, 2.05) is 0 Å². The van der Waals surface area contributed by atoms with Crippen molar-refractivity contribution in [3.8, 4) is 11.1 Å². The van der Waals surface area contributed by atoms with Crippen LogP contribution in [0.3, 0.4) is 0 Å². The van der Waals surface area contributed by atoms with Gasteiger partial charge < -0.3 is 4.74 Å². The molecular formula is C19H17BrO2. The molecule has 0 bridgehead atoms. The fourth-order valence-corrected chi connectivity index (χ4v) is 4.00. The van der Waals surface area contributed by atoms with Crippen LogP contribution < -0.4 is 0 Å². The molecule has 2 aliphatic carbocycles. The van der Waals surface area contributed by atoms with Gasteiger partial charge in [-0.05, 0) is 65.6 Å². The predicted octanol–water partition coefficient (Wildman–Crippen LogP) is 4.42. The topological polar surface area (TPSA) is 26.3 Å². The summed E-state index contributed by atoms with van der Waals surface area (Å²) >= 11 is 3.55. The Bertz CT molecular complexity index is 775. The number of methoxy groups -OCH3 is 1. The Hall–Kier alpha value is -1.61. The van der Waals surface area contributed by atoms with Gasteiger partial charge in [0.1, 0.15) is 0 Å². The summed E-state index contributed by atoms with van der Waals surface area (Å²) in [5, 5.41) is 0. The molecule has 0 amide bonds. The molecular weight excluding hydrogens is 340 g/mol. The van der Waals surface area contributed by atoms with Gasteiger partial charge >= 0.3 is 5.97 Å².